The molecule has 0 saturated carbocycles. The van der Waals surface area contributed by atoms with Crippen molar-refractivity contribution in [2.75, 3.05) is 13.2 Å². The van der Waals surface area contributed by atoms with E-state index in [0.717, 1.165) is 14.7 Å². The van der Waals surface area contributed by atoms with Gasteiger partial charge in [-0.05, 0) is 59.4 Å². The maximum absolute atomic E-state index is 12.6. The highest BCUT2D eigenvalue weighted by molar-refractivity contribution is 14.1. The SMILES string of the molecule is C=CCN1C(=O)/C(=C/c2cc(I)c(OCc3ccccc3Cl)c(OCC)c2)SC1=S. The molecule has 0 N–H and O–H groups in total. The van der Waals surface area contributed by atoms with Crippen molar-refractivity contribution in [2.45, 2.75) is 13.5 Å². The standard InChI is InChI=1S/C22H19ClINO3S2/c1-3-9-25-21(26)19(30-22(25)29)12-14-10-17(24)20(18(11-14)27-4-2)28-13-15-7-5-6-8-16(15)23/h3,5-8,10-12H,1,4,9,13H2,2H3/b19-12-. The Bertz CT molecular complexity index is 1030. The molecule has 1 aliphatic rings. The second-order valence-electron chi connectivity index (χ2n) is 6.22. The number of hydrogen-bond donors (Lipinski definition) is 0. The molecule has 4 nitrogen and oxygen atoms in total. The zero-order valence-electron chi connectivity index (χ0n) is 16.2. The van der Waals surface area contributed by atoms with Gasteiger partial charge in [-0.25, -0.2) is 0 Å². The van der Waals surface area contributed by atoms with Crippen molar-refractivity contribution in [3.8, 4) is 11.5 Å². The Balaban J connectivity index is 1.88. The van der Waals surface area contributed by atoms with Gasteiger partial charge in [0.05, 0.1) is 15.1 Å². The van der Waals surface area contributed by atoms with E-state index < -0.39 is 0 Å². The average molecular weight is 572 g/mol. The van der Waals surface area contributed by atoms with E-state index in [-0.39, 0.29) is 5.91 Å². The van der Waals surface area contributed by atoms with E-state index in [0.29, 0.717) is 45.5 Å². The number of carbonyl (C=O) groups excluding carboxylic acids is 1. The van der Waals surface area contributed by atoms with E-state index in [9.17, 15) is 4.79 Å². The van der Waals surface area contributed by atoms with Crippen LogP contribution in [-0.2, 0) is 11.4 Å². The third kappa shape index (κ3) is 5.38. The Morgan fingerprint density at radius 1 is 1.30 bits per heavy atom. The first-order chi connectivity index (χ1) is 14.4. The number of hydrogen-bond acceptors (Lipinski definition) is 5. The lowest BCUT2D eigenvalue weighted by Crippen LogP contribution is -2.27. The summed E-state index contributed by atoms with van der Waals surface area (Å²) in [4.78, 5) is 14.7. The van der Waals surface area contributed by atoms with Crippen molar-refractivity contribution in [1.29, 1.82) is 0 Å². The van der Waals surface area contributed by atoms with Crippen LogP contribution in [0.3, 0.4) is 0 Å². The number of amides is 1. The molecule has 1 aliphatic heterocycles. The first-order valence-electron chi connectivity index (χ1n) is 9.13. The summed E-state index contributed by atoms with van der Waals surface area (Å²) >= 11 is 15.0. The van der Waals surface area contributed by atoms with Gasteiger partial charge in [0, 0.05) is 17.1 Å². The van der Waals surface area contributed by atoms with Crippen LogP contribution in [0.4, 0.5) is 0 Å². The van der Waals surface area contributed by atoms with Gasteiger partial charge in [-0.15, -0.1) is 6.58 Å². The molecule has 30 heavy (non-hydrogen) atoms. The van der Waals surface area contributed by atoms with Gasteiger partial charge in [0.2, 0.25) is 0 Å². The lowest BCUT2D eigenvalue weighted by Gasteiger charge is -2.15. The van der Waals surface area contributed by atoms with Crippen molar-refractivity contribution >= 4 is 74.5 Å². The lowest BCUT2D eigenvalue weighted by atomic mass is 10.1. The van der Waals surface area contributed by atoms with Crippen LogP contribution in [0.1, 0.15) is 18.1 Å². The molecule has 2 aromatic carbocycles. The van der Waals surface area contributed by atoms with Crippen LogP contribution in [-0.4, -0.2) is 28.3 Å². The third-order valence-electron chi connectivity index (χ3n) is 4.14. The molecule has 0 atom stereocenters. The quantitative estimate of drug-likeness (QED) is 0.161. The monoisotopic (exact) mass is 571 g/mol. The van der Waals surface area contributed by atoms with Crippen molar-refractivity contribution in [2.24, 2.45) is 0 Å². The smallest absolute Gasteiger partial charge is 0.266 e. The van der Waals surface area contributed by atoms with Crippen LogP contribution >= 0.6 is 58.2 Å². The number of thiocarbonyl (C=S) groups is 1. The maximum Gasteiger partial charge on any atom is 0.266 e. The van der Waals surface area contributed by atoms with Gasteiger partial charge in [-0.3, -0.25) is 9.69 Å². The molecular formula is C22H19ClINO3S2. The summed E-state index contributed by atoms with van der Waals surface area (Å²) in [6.07, 6.45) is 3.49. The molecule has 156 valence electrons. The van der Waals surface area contributed by atoms with E-state index >= 15 is 0 Å². The Kier molecular flexibility index (Phi) is 8.21. The fourth-order valence-electron chi connectivity index (χ4n) is 2.78. The van der Waals surface area contributed by atoms with E-state index in [1.807, 2.05) is 49.4 Å². The molecule has 0 bridgehead atoms. The molecule has 1 fully saturated rings. The molecule has 1 saturated heterocycles. The summed E-state index contributed by atoms with van der Waals surface area (Å²) < 4.78 is 13.3. The molecule has 0 spiro atoms. The fraction of sp³-hybridized carbons (Fsp3) is 0.182. The van der Waals surface area contributed by atoms with Gasteiger partial charge in [-0.1, -0.05) is 59.9 Å². The average Bonchev–Trinajstić information content (AvgIpc) is 2.96. The van der Waals surface area contributed by atoms with Crippen molar-refractivity contribution < 1.29 is 14.3 Å². The zero-order valence-corrected chi connectivity index (χ0v) is 20.7. The van der Waals surface area contributed by atoms with Crippen molar-refractivity contribution in [1.82, 2.24) is 4.90 Å². The molecule has 0 aliphatic carbocycles. The molecule has 0 radical (unpaired) electrons. The highest BCUT2D eigenvalue weighted by atomic mass is 127. The molecule has 3 rings (SSSR count). The highest BCUT2D eigenvalue weighted by Gasteiger charge is 2.31. The molecular weight excluding hydrogens is 553 g/mol. The lowest BCUT2D eigenvalue weighted by molar-refractivity contribution is -0.121. The van der Waals surface area contributed by atoms with Gasteiger partial charge in [0.1, 0.15) is 10.9 Å². The summed E-state index contributed by atoms with van der Waals surface area (Å²) in [5, 5.41) is 0.656. The minimum atomic E-state index is -0.114. The summed E-state index contributed by atoms with van der Waals surface area (Å²) in [6.45, 7) is 6.81. The van der Waals surface area contributed by atoms with Gasteiger partial charge in [-0.2, -0.15) is 0 Å². The van der Waals surface area contributed by atoms with Crippen LogP contribution in [0.15, 0.2) is 54.0 Å². The predicted octanol–water partition coefficient (Wildman–Crippen LogP) is 6.31. The van der Waals surface area contributed by atoms with Gasteiger partial charge in [0.15, 0.2) is 11.5 Å². The Hall–Kier alpha value is -1.55. The number of nitrogens with zero attached hydrogens (tertiary/aromatic N) is 1. The molecule has 1 heterocycles. The van der Waals surface area contributed by atoms with E-state index in [1.54, 1.807) is 6.08 Å². The summed E-state index contributed by atoms with van der Waals surface area (Å²) in [6, 6.07) is 11.4. The second kappa shape index (κ2) is 10.7. The summed E-state index contributed by atoms with van der Waals surface area (Å²) in [7, 11) is 0. The molecule has 0 aromatic heterocycles. The highest BCUT2D eigenvalue weighted by Crippen LogP contribution is 2.38. The largest absolute Gasteiger partial charge is 0.490 e. The maximum atomic E-state index is 12.6. The summed E-state index contributed by atoms with van der Waals surface area (Å²) in [5.74, 6) is 1.15. The number of halogens is 2. The fourth-order valence-corrected chi connectivity index (χ4v) is 5.02. The first kappa shape index (κ1) is 23.1. The molecule has 2 aromatic rings. The second-order valence-corrected chi connectivity index (χ2v) is 9.47. The summed E-state index contributed by atoms with van der Waals surface area (Å²) in [5.41, 5.74) is 1.74. The van der Waals surface area contributed by atoms with Crippen molar-refractivity contribution in [3.63, 3.8) is 0 Å². The van der Waals surface area contributed by atoms with E-state index in [1.165, 1.54) is 16.7 Å². The minimum absolute atomic E-state index is 0.114. The molecule has 1 amide bonds. The number of rotatable bonds is 8. The Morgan fingerprint density at radius 2 is 2.07 bits per heavy atom. The van der Waals surface area contributed by atoms with Gasteiger partial charge >= 0.3 is 0 Å². The Labute approximate surface area is 204 Å². The number of thioether (sulfide) groups is 1. The Morgan fingerprint density at radius 3 is 2.77 bits per heavy atom. The normalized spacial score (nSPS) is 15.0. The van der Waals surface area contributed by atoms with Crippen LogP contribution in [0.2, 0.25) is 5.02 Å². The van der Waals surface area contributed by atoms with Crippen LogP contribution in [0, 0.1) is 3.57 Å². The van der Waals surface area contributed by atoms with Crippen LogP contribution in [0.25, 0.3) is 6.08 Å². The first-order valence-corrected chi connectivity index (χ1v) is 11.8. The topological polar surface area (TPSA) is 38.8 Å². The van der Waals surface area contributed by atoms with Crippen molar-refractivity contribution in [3.05, 3.63) is 73.7 Å². The van der Waals surface area contributed by atoms with E-state index in [2.05, 4.69) is 29.2 Å². The molecule has 0 unspecified atom stereocenters. The number of benzene rings is 2. The van der Waals surface area contributed by atoms with Gasteiger partial charge < -0.3 is 9.47 Å². The van der Waals surface area contributed by atoms with Crippen LogP contribution in [0.5, 0.6) is 11.5 Å². The number of ether oxygens (including phenoxy) is 2. The number of carbonyl (C=O) groups is 1. The van der Waals surface area contributed by atoms with Crippen LogP contribution < -0.4 is 9.47 Å². The minimum Gasteiger partial charge on any atom is -0.490 e. The molecule has 8 heteroatoms. The van der Waals surface area contributed by atoms with Gasteiger partial charge in [0.25, 0.3) is 5.91 Å². The zero-order chi connectivity index (χ0) is 21.7. The predicted molar refractivity (Wildman–Crippen MR) is 136 cm³/mol. The van der Waals surface area contributed by atoms with E-state index in [4.69, 9.17) is 33.3 Å². The third-order valence-corrected chi connectivity index (χ3v) is 6.69.